The van der Waals surface area contributed by atoms with Crippen molar-refractivity contribution in [3.8, 4) is 0 Å². The molecule has 0 radical (unpaired) electrons. The van der Waals surface area contributed by atoms with Crippen molar-refractivity contribution in [3.05, 3.63) is 24.1 Å². The van der Waals surface area contributed by atoms with E-state index in [1.807, 2.05) is 6.20 Å². The normalized spacial score (nSPS) is 11.7. The van der Waals surface area contributed by atoms with E-state index in [9.17, 15) is 9.18 Å². The number of carbonyl (C=O) groups excluding carboxylic acids is 1. The molecule has 2 aromatic rings. The van der Waals surface area contributed by atoms with E-state index in [1.54, 1.807) is 31.5 Å². The second kappa shape index (κ2) is 6.17. The molecule has 0 fully saturated rings. The number of nitrogens with one attached hydrogen (secondary N) is 1. The summed E-state index contributed by atoms with van der Waals surface area (Å²) in [5, 5.41) is 7.47. The molecule has 0 unspecified atom stereocenters. The number of aryl methyl sites for hydroxylation is 1. The Hall–Kier alpha value is -1.38. The molecule has 0 spiro atoms. The quantitative estimate of drug-likeness (QED) is 0.622. The van der Waals surface area contributed by atoms with Crippen LogP contribution in [0.1, 0.15) is 20.8 Å². The first kappa shape index (κ1) is 16.0. The van der Waals surface area contributed by atoms with Crippen molar-refractivity contribution in [1.82, 2.24) is 9.78 Å². The van der Waals surface area contributed by atoms with Crippen LogP contribution in [0.5, 0.6) is 0 Å². The van der Waals surface area contributed by atoms with Crippen LogP contribution in [0.15, 0.2) is 18.3 Å². The van der Waals surface area contributed by atoms with Crippen LogP contribution in [0, 0.1) is 5.82 Å². The number of alkyl halides is 1. The number of aromatic nitrogens is 2. The lowest BCUT2D eigenvalue weighted by Gasteiger charge is -2.19. The minimum absolute atomic E-state index is 0.0887. The number of anilines is 1. The number of fused-ring (bicyclic) bond motifs is 1. The van der Waals surface area contributed by atoms with E-state index in [0.717, 1.165) is 16.4 Å². The van der Waals surface area contributed by atoms with Crippen LogP contribution in [-0.4, -0.2) is 25.9 Å². The second-order valence-corrected chi connectivity index (χ2v) is 6.68. The third-order valence-corrected chi connectivity index (χ3v) is 3.07. The van der Waals surface area contributed by atoms with E-state index in [1.165, 1.54) is 6.07 Å². The molecule has 5 nitrogen and oxygen atoms in total. The summed E-state index contributed by atoms with van der Waals surface area (Å²) in [7, 11) is 0. The lowest BCUT2D eigenvalue weighted by atomic mass is 10.2. The van der Waals surface area contributed by atoms with Crippen molar-refractivity contribution in [2.24, 2.45) is 0 Å². The summed E-state index contributed by atoms with van der Waals surface area (Å²) < 4.78 is 21.8. The molecule has 1 heterocycles. The Balaban J connectivity index is 2.23. The number of hydrogen-bond donors (Lipinski definition) is 1. The Morgan fingerprint density at radius 2 is 2.19 bits per heavy atom. The average molecular weight is 405 g/mol. The van der Waals surface area contributed by atoms with Crippen LogP contribution in [-0.2, 0) is 11.3 Å². The van der Waals surface area contributed by atoms with Crippen molar-refractivity contribution in [2.75, 3.05) is 9.74 Å². The third-order valence-electron chi connectivity index (χ3n) is 2.59. The molecule has 0 aliphatic carbocycles. The zero-order valence-electron chi connectivity index (χ0n) is 12.1. The summed E-state index contributed by atoms with van der Waals surface area (Å²) in [5.74, 6) is -0.534. The number of benzene rings is 1. The topological polar surface area (TPSA) is 56.1 Å². The Morgan fingerprint density at radius 1 is 1.48 bits per heavy atom. The molecule has 114 valence electrons. The van der Waals surface area contributed by atoms with Gasteiger partial charge < -0.3 is 4.74 Å². The fraction of sp³-hybridized carbons (Fsp3) is 0.429. The van der Waals surface area contributed by atoms with Crippen molar-refractivity contribution in [1.29, 1.82) is 0 Å². The molecule has 0 bridgehead atoms. The maximum absolute atomic E-state index is 14.0. The summed E-state index contributed by atoms with van der Waals surface area (Å²) in [6.07, 6.45) is 1.15. The van der Waals surface area contributed by atoms with Gasteiger partial charge in [-0.2, -0.15) is 5.10 Å². The van der Waals surface area contributed by atoms with Crippen molar-refractivity contribution in [3.63, 3.8) is 0 Å². The lowest BCUT2D eigenvalue weighted by Crippen LogP contribution is -2.27. The van der Waals surface area contributed by atoms with E-state index in [0.29, 0.717) is 5.52 Å². The first-order valence-electron chi connectivity index (χ1n) is 6.51. The summed E-state index contributed by atoms with van der Waals surface area (Å²) in [6.45, 7) is 6.01. The van der Waals surface area contributed by atoms with Gasteiger partial charge in [-0.15, -0.1) is 0 Å². The molecule has 21 heavy (non-hydrogen) atoms. The smallest absolute Gasteiger partial charge is 0.412 e. The molecule has 0 aliphatic rings. The third kappa shape index (κ3) is 4.29. The summed E-state index contributed by atoms with van der Waals surface area (Å²) in [6, 6.07) is 2.87. The highest BCUT2D eigenvalue weighted by atomic mass is 127. The van der Waals surface area contributed by atoms with Crippen molar-refractivity contribution < 1.29 is 13.9 Å². The van der Waals surface area contributed by atoms with E-state index in [2.05, 4.69) is 33.0 Å². The van der Waals surface area contributed by atoms with Crippen LogP contribution in [0.25, 0.3) is 10.9 Å². The van der Waals surface area contributed by atoms with Gasteiger partial charge in [-0.3, -0.25) is 10.00 Å². The molecular formula is C14H17FIN3O2. The Labute approximate surface area is 136 Å². The Morgan fingerprint density at radius 3 is 2.81 bits per heavy atom. The molecule has 1 N–H and O–H groups in total. The zero-order chi connectivity index (χ0) is 15.6. The van der Waals surface area contributed by atoms with Gasteiger partial charge in [0.25, 0.3) is 0 Å². The monoisotopic (exact) mass is 405 g/mol. The van der Waals surface area contributed by atoms with E-state index in [4.69, 9.17) is 4.74 Å². The zero-order valence-corrected chi connectivity index (χ0v) is 14.3. The van der Waals surface area contributed by atoms with Gasteiger partial charge in [-0.1, -0.05) is 22.6 Å². The predicted octanol–water partition coefficient (Wildman–Crippen LogP) is 3.96. The number of ether oxygens (including phenoxy) is 1. The van der Waals surface area contributed by atoms with Crippen LogP contribution in [0.3, 0.4) is 0 Å². The maximum atomic E-state index is 14.0. The van der Waals surface area contributed by atoms with Gasteiger partial charge in [0, 0.05) is 28.6 Å². The molecule has 0 atom stereocenters. The number of amides is 1. The molecule has 1 aromatic heterocycles. The van der Waals surface area contributed by atoms with E-state index in [-0.39, 0.29) is 5.69 Å². The molecule has 2 rings (SSSR count). The first-order chi connectivity index (χ1) is 9.78. The van der Waals surface area contributed by atoms with Gasteiger partial charge in [0.05, 0.1) is 11.2 Å². The van der Waals surface area contributed by atoms with Gasteiger partial charge >= 0.3 is 6.09 Å². The van der Waals surface area contributed by atoms with Crippen molar-refractivity contribution >= 4 is 45.3 Å². The molecule has 0 aliphatic heterocycles. The Bertz CT molecular complexity index is 664. The fourth-order valence-electron chi connectivity index (χ4n) is 1.81. The minimum atomic E-state index is -0.680. The summed E-state index contributed by atoms with van der Waals surface area (Å²) in [4.78, 5) is 11.7. The Kier molecular flexibility index (Phi) is 4.70. The fourth-order valence-corrected chi connectivity index (χ4v) is 2.30. The predicted molar refractivity (Wildman–Crippen MR) is 88.4 cm³/mol. The largest absolute Gasteiger partial charge is 0.444 e. The summed E-state index contributed by atoms with van der Waals surface area (Å²) in [5.41, 5.74) is 0.0217. The van der Waals surface area contributed by atoms with Gasteiger partial charge in [0.1, 0.15) is 11.4 Å². The SMILES string of the molecule is CC(C)(C)OC(=O)Nc1cc2cn(CCI)nc2cc1F. The van der Waals surface area contributed by atoms with Crippen LogP contribution < -0.4 is 5.32 Å². The number of hydrogen-bond acceptors (Lipinski definition) is 3. The average Bonchev–Trinajstić information content (AvgIpc) is 2.69. The molecule has 1 aromatic carbocycles. The molecular weight excluding hydrogens is 388 g/mol. The first-order valence-corrected chi connectivity index (χ1v) is 8.04. The highest BCUT2D eigenvalue weighted by molar-refractivity contribution is 14.1. The number of nitrogens with zero attached hydrogens (tertiary/aromatic N) is 2. The lowest BCUT2D eigenvalue weighted by molar-refractivity contribution is 0.0635. The van der Waals surface area contributed by atoms with Crippen LogP contribution >= 0.6 is 22.6 Å². The molecule has 0 saturated heterocycles. The van der Waals surface area contributed by atoms with Crippen LogP contribution in [0.4, 0.5) is 14.9 Å². The van der Waals surface area contributed by atoms with Gasteiger partial charge in [-0.25, -0.2) is 9.18 Å². The molecule has 1 amide bonds. The standard InChI is InChI=1S/C14H17FIN3O2/c1-14(2,3)21-13(20)17-12-6-9-8-19(5-4-16)18-11(9)7-10(12)15/h6-8H,4-5H2,1-3H3,(H,17,20). The van der Waals surface area contributed by atoms with Crippen LogP contribution in [0.2, 0.25) is 0 Å². The number of carbonyl (C=O) groups is 1. The van der Waals surface area contributed by atoms with Gasteiger partial charge in [0.15, 0.2) is 0 Å². The van der Waals surface area contributed by atoms with E-state index >= 15 is 0 Å². The van der Waals surface area contributed by atoms with Gasteiger partial charge in [-0.05, 0) is 26.8 Å². The highest BCUT2D eigenvalue weighted by Gasteiger charge is 2.18. The number of halogens is 2. The minimum Gasteiger partial charge on any atom is -0.444 e. The molecule has 0 saturated carbocycles. The maximum Gasteiger partial charge on any atom is 0.412 e. The second-order valence-electron chi connectivity index (χ2n) is 5.60. The van der Waals surface area contributed by atoms with Crippen molar-refractivity contribution in [2.45, 2.75) is 32.9 Å². The number of rotatable bonds is 3. The van der Waals surface area contributed by atoms with E-state index < -0.39 is 17.5 Å². The van der Waals surface area contributed by atoms with Gasteiger partial charge in [0.2, 0.25) is 0 Å². The summed E-state index contributed by atoms with van der Waals surface area (Å²) >= 11 is 2.25. The molecule has 7 heteroatoms. The highest BCUT2D eigenvalue weighted by Crippen LogP contribution is 2.23.